The number of aryl methyl sites for hydroxylation is 1. The third-order valence-corrected chi connectivity index (χ3v) is 3.65. The lowest BCUT2D eigenvalue weighted by atomic mass is 10.1. The quantitative estimate of drug-likeness (QED) is 0.696. The molecule has 0 aliphatic carbocycles. The molecule has 1 aliphatic heterocycles. The summed E-state index contributed by atoms with van der Waals surface area (Å²) in [6.45, 7) is 4.23. The Kier molecular flexibility index (Phi) is 4.28. The number of hydrogen-bond donors (Lipinski definition) is 1. The molecule has 1 heterocycles. The van der Waals surface area contributed by atoms with E-state index in [1.807, 2.05) is 38.1 Å². The monoisotopic (exact) mass is 310 g/mol. The van der Waals surface area contributed by atoms with Crippen molar-refractivity contribution in [3.05, 3.63) is 59.2 Å². The van der Waals surface area contributed by atoms with Gasteiger partial charge in [0.1, 0.15) is 0 Å². The van der Waals surface area contributed by atoms with E-state index in [0.29, 0.717) is 17.1 Å². The molecule has 0 atom stereocenters. The Morgan fingerprint density at radius 3 is 2.52 bits per heavy atom. The molecule has 23 heavy (non-hydrogen) atoms. The van der Waals surface area contributed by atoms with Crippen LogP contribution in [0, 0.1) is 6.92 Å². The van der Waals surface area contributed by atoms with Gasteiger partial charge >= 0.3 is 0 Å². The average molecular weight is 310 g/mol. The topological polar surface area (TPSA) is 59.9 Å². The number of carbonyl (C=O) groups is 1. The van der Waals surface area contributed by atoms with Gasteiger partial charge in [-0.15, -0.1) is 0 Å². The molecule has 1 amide bonds. The van der Waals surface area contributed by atoms with Crippen LogP contribution in [-0.4, -0.2) is 18.4 Å². The normalized spacial score (nSPS) is 13.0. The summed E-state index contributed by atoms with van der Waals surface area (Å²) in [6.07, 6.45) is 0.727. The summed E-state index contributed by atoms with van der Waals surface area (Å²) in [7, 11) is 0. The highest BCUT2D eigenvalue weighted by molar-refractivity contribution is 6.02. The fourth-order valence-electron chi connectivity index (χ4n) is 2.31. The van der Waals surface area contributed by atoms with Crippen LogP contribution in [0.1, 0.15) is 34.8 Å². The van der Waals surface area contributed by atoms with Crippen LogP contribution in [0.25, 0.3) is 0 Å². The van der Waals surface area contributed by atoms with E-state index in [1.165, 1.54) is 5.56 Å². The first kappa shape index (κ1) is 15.1. The van der Waals surface area contributed by atoms with E-state index < -0.39 is 0 Å². The van der Waals surface area contributed by atoms with E-state index in [4.69, 9.17) is 9.47 Å². The zero-order valence-electron chi connectivity index (χ0n) is 13.1. The third-order valence-electron chi connectivity index (χ3n) is 3.65. The van der Waals surface area contributed by atoms with Crippen LogP contribution in [0.15, 0.2) is 47.6 Å². The van der Waals surface area contributed by atoms with Crippen molar-refractivity contribution in [1.82, 2.24) is 5.43 Å². The second-order valence-electron chi connectivity index (χ2n) is 5.29. The van der Waals surface area contributed by atoms with Gasteiger partial charge in [0.05, 0.1) is 5.71 Å². The minimum absolute atomic E-state index is 0.186. The van der Waals surface area contributed by atoms with Gasteiger partial charge in [0.2, 0.25) is 6.79 Å². The van der Waals surface area contributed by atoms with Crippen molar-refractivity contribution in [3.63, 3.8) is 0 Å². The van der Waals surface area contributed by atoms with Crippen molar-refractivity contribution in [2.75, 3.05) is 6.79 Å². The van der Waals surface area contributed by atoms with Gasteiger partial charge in [-0.05, 0) is 37.1 Å². The summed E-state index contributed by atoms with van der Waals surface area (Å²) in [6, 6.07) is 13.1. The Labute approximate surface area is 134 Å². The molecule has 2 aromatic carbocycles. The maximum atomic E-state index is 12.2. The van der Waals surface area contributed by atoms with Crippen molar-refractivity contribution in [2.45, 2.75) is 20.3 Å². The number of benzene rings is 2. The molecule has 3 rings (SSSR count). The molecule has 0 saturated carbocycles. The number of amides is 1. The van der Waals surface area contributed by atoms with Crippen LogP contribution in [0.3, 0.4) is 0 Å². The van der Waals surface area contributed by atoms with Crippen LogP contribution in [0.5, 0.6) is 11.5 Å². The first-order valence-electron chi connectivity index (χ1n) is 7.51. The molecule has 5 heteroatoms. The minimum atomic E-state index is -0.277. The molecular formula is C18H18N2O3. The first-order valence-corrected chi connectivity index (χ1v) is 7.51. The number of carbonyl (C=O) groups excluding carboxylic acids is 1. The van der Waals surface area contributed by atoms with Gasteiger partial charge in [0.15, 0.2) is 11.5 Å². The predicted octanol–water partition coefficient (Wildman–Crippen LogP) is 3.27. The van der Waals surface area contributed by atoms with Gasteiger partial charge in [-0.1, -0.05) is 36.8 Å². The second-order valence-corrected chi connectivity index (χ2v) is 5.29. The van der Waals surface area contributed by atoms with Crippen molar-refractivity contribution >= 4 is 11.6 Å². The van der Waals surface area contributed by atoms with Crippen LogP contribution >= 0.6 is 0 Å². The zero-order valence-corrected chi connectivity index (χ0v) is 13.1. The molecule has 2 aromatic rings. The fraction of sp³-hybridized carbons (Fsp3) is 0.222. The van der Waals surface area contributed by atoms with Gasteiger partial charge < -0.3 is 9.47 Å². The number of hydrogen-bond acceptors (Lipinski definition) is 4. The van der Waals surface area contributed by atoms with Gasteiger partial charge in [-0.3, -0.25) is 4.79 Å². The highest BCUT2D eigenvalue weighted by atomic mass is 16.7. The summed E-state index contributed by atoms with van der Waals surface area (Å²) in [4.78, 5) is 12.2. The first-order chi connectivity index (χ1) is 11.2. The molecular weight excluding hydrogens is 292 g/mol. The Hall–Kier alpha value is -2.82. The number of rotatable bonds is 4. The summed E-state index contributed by atoms with van der Waals surface area (Å²) in [5.74, 6) is 0.955. The molecule has 0 aromatic heterocycles. The van der Waals surface area contributed by atoms with Crippen LogP contribution in [0.4, 0.5) is 0 Å². The van der Waals surface area contributed by atoms with E-state index in [-0.39, 0.29) is 12.7 Å². The summed E-state index contributed by atoms with van der Waals surface area (Å²) in [5, 5.41) is 4.26. The molecule has 118 valence electrons. The number of fused-ring (bicyclic) bond motifs is 1. The van der Waals surface area contributed by atoms with Crippen LogP contribution < -0.4 is 14.9 Å². The van der Waals surface area contributed by atoms with E-state index >= 15 is 0 Å². The molecule has 0 spiro atoms. The lowest BCUT2D eigenvalue weighted by molar-refractivity contribution is 0.0954. The summed E-state index contributed by atoms with van der Waals surface area (Å²) >= 11 is 0. The molecule has 1 N–H and O–H groups in total. The molecule has 0 fully saturated rings. The highest BCUT2D eigenvalue weighted by Crippen LogP contribution is 2.32. The third kappa shape index (κ3) is 3.34. The fourth-order valence-corrected chi connectivity index (χ4v) is 2.31. The summed E-state index contributed by atoms with van der Waals surface area (Å²) < 4.78 is 10.5. The molecule has 0 saturated heterocycles. The Bertz CT molecular complexity index is 751. The van der Waals surface area contributed by atoms with Gasteiger partial charge in [-0.25, -0.2) is 5.43 Å². The predicted molar refractivity (Wildman–Crippen MR) is 88.0 cm³/mol. The molecule has 0 radical (unpaired) electrons. The molecule has 0 bridgehead atoms. The smallest absolute Gasteiger partial charge is 0.271 e. The maximum absolute atomic E-state index is 12.2. The average Bonchev–Trinajstić information content (AvgIpc) is 3.04. The van der Waals surface area contributed by atoms with Crippen molar-refractivity contribution < 1.29 is 14.3 Å². The zero-order chi connectivity index (χ0) is 16.2. The van der Waals surface area contributed by atoms with E-state index in [9.17, 15) is 4.79 Å². The number of ether oxygens (including phenoxy) is 2. The van der Waals surface area contributed by atoms with Gasteiger partial charge in [0, 0.05) is 5.56 Å². The lowest BCUT2D eigenvalue weighted by Crippen LogP contribution is -2.20. The second kappa shape index (κ2) is 6.52. The standard InChI is InChI=1S/C18H18N2O3/c1-3-15(13-6-4-12(2)5-7-13)19-20-18(21)14-8-9-16-17(10-14)23-11-22-16/h4-10H,3,11H2,1-2H3,(H,20,21)/b19-15+. The minimum Gasteiger partial charge on any atom is -0.454 e. The number of nitrogens with one attached hydrogen (secondary N) is 1. The largest absolute Gasteiger partial charge is 0.454 e. The van der Waals surface area contributed by atoms with E-state index in [0.717, 1.165) is 17.7 Å². The maximum Gasteiger partial charge on any atom is 0.271 e. The van der Waals surface area contributed by atoms with Crippen molar-refractivity contribution in [1.29, 1.82) is 0 Å². The van der Waals surface area contributed by atoms with E-state index in [2.05, 4.69) is 10.5 Å². The highest BCUT2D eigenvalue weighted by Gasteiger charge is 2.16. The van der Waals surface area contributed by atoms with Crippen LogP contribution in [-0.2, 0) is 0 Å². The number of hydrazone groups is 1. The van der Waals surface area contributed by atoms with Gasteiger partial charge in [-0.2, -0.15) is 5.10 Å². The van der Waals surface area contributed by atoms with Crippen molar-refractivity contribution in [3.8, 4) is 11.5 Å². The molecule has 0 unspecified atom stereocenters. The van der Waals surface area contributed by atoms with E-state index in [1.54, 1.807) is 18.2 Å². The lowest BCUT2D eigenvalue weighted by Gasteiger charge is -2.06. The molecule has 1 aliphatic rings. The number of nitrogens with zero attached hydrogens (tertiary/aromatic N) is 1. The van der Waals surface area contributed by atoms with Crippen LogP contribution in [0.2, 0.25) is 0 Å². The SMILES string of the molecule is CC/C(=N\NC(=O)c1ccc2c(c1)OCO2)c1ccc(C)cc1. The Morgan fingerprint density at radius 1 is 1.09 bits per heavy atom. The Morgan fingerprint density at radius 2 is 1.78 bits per heavy atom. The van der Waals surface area contributed by atoms with Crippen molar-refractivity contribution in [2.24, 2.45) is 5.10 Å². The molecule has 5 nitrogen and oxygen atoms in total. The summed E-state index contributed by atoms with van der Waals surface area (Å²) in [5.41, 5.74) is 6.12. The Balaban J connectivity index is 1.75. The van der Waals surface area contributed by atoms with Gasteiger partial charge in [0.25, 0.3) is 5.91 Å².